The Hall–Kier alpha value is -0.340. The minimum Gasteiger partial charge on any atom is -0.310 e. The van der Waals surface area contributed by atoms with Crippen LogP contribution in [0.2, 0.25) is 0 Å². The van der Waals surface area contributed by atoms with Crippen molar-refractivity contribution in [2.45, 2.75) is 38.6 Å². The molecular formula is C14H21NS. The van der Waals surface area contributed by atoms with Crippen molar-refractivity contribution in [1.29, 1.82) is 0 Å². The van der Waals surface area contributed by atoms with Crippen molar-refractivity contribution in [3.63, 3.8) is 0 Å². The minimum absolute atomic E-state index is 0.534. The van der Waals surface area contributed by atoms with Gasteiger partial charge in [-0.2, -0.15) is 11.3 Å². The molecule has 0 aromatic carbocycles. The average molecular weight is 235 g/mol. The van der Waals surface area contributed by atoms with E-state index in [0.29, 0.717) is 6.04 Å². The Labute approximate surface area is 102 Å². The van der Waals surface area contributed by atoms with Gasteiger partial charge >= 0.3 is 0 Å². The Morgan fingerprint density at radius 2 is 2.00 bits per heavy atom. The molecule has 88 valence electrons. The second-order valence-electron chi connectivity index (χ2n) is 5.53. The number of thiophene rings is 1. The summed E-state index contributed by atoms with van der Waals surface area (Å²) in [5.74, 6) is 3.12. The van der Waals surface area contributed by atoms with Crippen molar-refractivity contribution in [2.24, 2.45) is 17.8 Å². The Balaban J connectivity index is 1.51. The molecule has 1 heterocycles. The molecule has 1 unspecified atom stereocenters. The van der Waals surface area contributed by atoms with E-state index in [1.165, 1.54) is 37.8 Å². The Morgan fingerprint density at radius 1 is 1.31 bits per heavy atom. The fourth-order valence-corrected chi connectivity index (χ4v) is 3.47. The van der Waals surface area contributed by atoms with E-state index in [9.17, 15) is 0 Å². The third-order valence-electron chi connectivity index (χ3n) is 4.16. The van der Waals surface area contributed by atoms with Gasteiger partial charge in [-0.25, -0.2) is 0 Å². The maximum Gasteiger partial charge on any atom is 0.0300 e. The molecule has 2 aliphatic carbocycles. The molecule has 1 aromatic heterocycles. The zero-order valence-electron chi connectivity index (χ0n) is 9.99. The molecule has 2 fully saturated rings. The lowest BCUT2D eigenvalue weighted by Crippen LogP contribution is -2.27. The quantitative estimate of drug-likeness (QED) is 0.790. The van der Waals surface area contributed by atoms with E-state index in [1.54, 1.807) is 11.3 Å². The van der Waals surface area contributed by atoms with E-state index in [1.807, 2.05) is 0 Å². The first-order valence-electron chi connectivity index (χ1n) is 6.60. The van der Waals surface area contributed by atoms with Crippen molar-refractivity contribution < 1.29 is 0 Å². The highest BCUT2D eigenvalue weighted by Gasteiger charge is 2.40. The fraction of sp³-hybridized carbons (Fsp3) is 0.714. The molecule has 0 aliphatic heterocycles. The van der Waals surface area contributed by atoms with Crippen LogP contribution in [0.1, 0.15) is 44.2 Å². The highest BCUT2D eigenvalue weighted by Crippen LogP contribution is 2.48. The first-order chi connectivity index (χ1) is 7.84. The molecule has 2 saturated carbocycles. The zero-order chi connectivity index (χ0) is 11.0. The van der Waals surface area contributed by atoms with Gasteiger partial charge in [-0.3, -0.25) is 0 Å². The lowest BCUT2D eigenvalue weighted by molar-refractivity contribution is 0.362. The van der Waals surface area contributed by atoms with Gasteiger partial charge in [0.25, 0.3) is 0 Å². The number of rotatable bonds is 6. The summed E-state index contributed by atoms with van der Waals surface area (Å²) in [6.07, 6.45) is 5.98. The van der Waals surface area contributed by atoms with E-state index >= 15 is 0 Å². The second kappa shape index (κ2) is 4.50. The number of hydrogen-bond acceptors (Lipinski definition) is 2. The van der Waals surface area contributed by atoms with Gasteiger partial charge in [0.05, 0.1) is 0 Å². The first kappa shape index (κ1) is 10.8. The van der Waals surface area contributed by atoms with Gasteiger partial charge in [0.1, 0.15) is 0 Å². The monoisotopic (exact) mass is 235 g/mol. The van der Waals surface area contributed by atoms with Crippen molar-refractivity contribution >= 4 is 11.3 Å². The molecule has 0 amide bonds. The molecule has 0 saturated heterocycles. The third-order valence-corrected chi connectivity index (χ3v) is 4.86. The average Bonchev–Trinajstić information content (AvgIpc) is 3.21. The van der Waals surface area contributed by atoms with Crippen LogP contribution >= 0.6 is 11.3 Å². The molecule has 2 aliphatic rings. The molecule has 1 aromatic rings. The minimum atomic E-state index is 0.534. The SMILES string of the molecule is CC(NCC(C1CC1)C1CC1)c1ccsc1. The first-order valence-corrected chi connectivity index (χ1v) is 7.54. The summed E-state index contributed by atoms with van der Waals surface area (Å²) in [6, 6.07) is 2.78. The van der Waals surface area contributed by atoms with Crippen molar-refractivity contribution in [3.8, 4) is 0 Å². The Morgan fingerprint density at radius 3 is 2.50 bits per heavy atom. The molecule has 0 bridgehead atoms. The van der Waals surface area contributed by atoms with E-state index in [2.05, 4.69) is 29.1 Å². The molecule has 1 atom stereocenters. The van der Waals surface area contributed by atoms with Gasteiger partial charge in [-0.15, -0.1) is 0 Å². The van der Waals surface area contributed by atoms with Crippen LogP contribution in [0.5, 0.6) is 0 Å². The second-order valence-corrected chi connectivity index (χ2v) is 6.31. The van der Waals surface area contributed by atoms with Crippen LogP contribution in [-0.4, -0.2) is 6.54 Å². The summed E-state index contributed by atoms with van der Waals surface area (Å²) in [6.45, 7) is 3.53. The normalized spacial score (nSPS) is 22.6. The van der Waals surface area contributed by atoms with Crippen LogP contribution < -0.4 is 5.32 Å². The molecule has 16 heavy (non-hydrogen) atoms. The third kappa shape index (κ3) is 2.49. The predicted octanol–water partition coefficient (Wildman–Crippen LogP) is 3.83. The Kier molecular flexibility index (Phi) is 3.03. The summed E-state index contributed by atoms with van der Waals surface area (Å²) in [4.78, 5) is 0. The van der Waals surface area contributed by atoms with Gasteiger partial charge in [0.15, 0.2) is 0 Å². The van der Waals surface area contributed by atoms with Gasteiger partial charge in [-0.1, -0.05) is 0 Å². The van der Waals surface area contributed by atoms with Crippen LogP contribution in [0.4, 0.5) is 0 Å². The lowest BCUT2D eigenvalue weighted by Gasteiger charge is -2.19. The van der Waals surface area contributed by atoms with Crippen molar-refractivity contribution in [2.75, 3.05) is 6.54 Å². The molecule has 3 rings (SSSR count). The van der Waals surface area contributed by atoms with E-state index < -0.39 is 0 Å². The van der Waals surface area contributed by atoms with Crippen LogP contribution in [-0.2, 0) is 0 Å². The van der Waals surface area contributed by atoms with Crippen LogP contribution in [0.3, 0.4) is 0 Å². The standard InChI is InChI=1S/C14H21NS/c1-10(13-6-7-16-9-13)15-8-14(11-2-3-11)12-4-5-12/h6-7,9-12,14-15H,2-5,8H2,1H3. The molecular weight excluding hydrogens is 214 g/mol. The highest BCUT2D eigenvalue weighted by molar-refractivity contribution is 7.07. The summed E-state index contributed by atoms with van der Waals surface area (Å²) in [7, 11) is 0. The predicted molar refractivity (Wildman–Crippen MR) is 69.7 cm³/mol. The van der Waals surface area contributed by atoms with Gasteiger partial charge in [0.2, 0.25) is 0 Å². The molecule has 1 nitrogen and oxygen atoms in total. The number of hydrogen-bond donors (Lipinski definition) is 1. The van der Waals surface area contributed by atoms with Gasteiger partial charge in [-0.05, 0) is 79.3 Å². The van der Waals surface area contributed by atoms with Crippen LogP contribution in [0.15, 0.2) is 16.8 Å². The topological polar surface area (TPSA) is 12.0 Å². The summed E-state index contributed by atoms with van der Waals surface area (Å²) in [5, 5.41) is 8.17. The fourth-order valence-electron chi connectivity index (χ4n) is 2.72. The smallest absolute Gasteiger partial charge is 0.0300 e. The van der Waals surface area contributed by atoms with Crippen LogP contribution in [0.25, 0.3) is 0 Å². The molecule has 0 radical (unpaired) electrons. The van der Waals surface area contributed by atoms with Crippen molar-refractivity contribution in [3.05, 3.63) is 22.4 Å². The maximum absolute atomic E-state index is 3.73. The summed E-state index contributed by atoms with van der Waals surface area (Å²) < 4.78 is 0. The molecule has 2 heteroatoms. The summed E-state index contributed by atoms with van der Waals surface area (Å²) >= 11 is 1.80. The van der Waals surface area contributed by atoms with E-state index in [4.69, 9.17) is 0 Å². The molecule has 0 spiro atoms. The van der Waals surface area contributed by atoms with Crippen LogP contribution in [0, 0.1) is 17.8 Å². The lowest BCUT2D eigenvalue weighted by atomic mass is 9.97. The van der Waals surface area contributed by atoms with Gasteiger partial charge in [0, 0.05) is 6.04 Å². The number of nitrogens with one attached hydrogen (secondary N) is 1. The zero-order valence-corrected chi connectivity index (χ0v) is 10.8. The van der Waals surface area contributed by atoms with Crippen molar-refractivity contribution in [1.82, 2.24) is 5.32 Å². The maximum atomic E-state index is 3.73. The molecule has 1 N–H and O–H groups in total. The summed E-state index contributed by atoms with van der Waals surface area (Å²) in [5.41, 5.74) is 1.45. The Bertz CT molecular complexity index is 313. The largest absolute Gasteiger partial charge is 0.310 e. The van der Waals surface area contributed by atoms with E-state index in [0.717, 1.165) is 17.8 Å². The van der Waals surface area contributed by atoms with Gasteiger partial charge < -0.3 is 5.32 Å². The highest BCUT2D eigenvalue weighted by atomic mass is 32.1. The van der Waals surface area contributed by atoms with E-state index in [-0.39, 0.29) is 0 Å².